The molecule has 0 spiro atoms. The molecule has 138 valence electrons. The molecular weight excluding hydrogens is 419 g/mol. The van der Waals surface area contributed by atoms with E-state index in [0.717, 1.165) is 38.5 Å². The van der Waals surface area contributed by atoms with Crippen LogP contribution in [0.5, 0.6) is 5.88 Å². The summed E-state index contributed by atoms with van der Waals surface area (Å²) in [6.45, 7) is 0. The number of halogens is 2. The van der Waals surface area contributed by atoms with Crippen molar-refractivity contribution in [3.05, 3.63) is 71.2 Å². The van der Waals surface area contributed by atoms with Gasteiger partial charge in [-0.25, -0.2) is 9.98 Å². The molecule has 2 aromatic heterocycles. The number of aromatic amines is 2. The third-order valence-electron chi connectivity index (χ3n) is 4.31. The van der Waals surface area contributed by atoms with E-state index in [-0.39, 0.29) is 10.8 Å². The second kappa shape index (κ2) is 6.34. The molecule has 3 heterocycles. The molecular formula is C19H10Cl2N4O2S. The van der Waals surface area contributed by atoms with E-state index in [2.05, 4.69) is 19.9 Å². The molecule has 0 radical (unpaired) electrons. The number of fused-ring (bicyclic) bond motifs is 2. The number of allylic oxidation sites excluding steroid dienone is 1. The summed E-state index contributed by atoms with van der Waals surface area (Å²) in [5.41, 5.74) is 3.08. The Bertz CT molecular complexity index is 1440. The molecule has 0 amide bonds. The predicted octanol–water partition coefficient (Wildman–Crippen LogP) is 3.45. The maximum Gasteiger partial charge on any atom is 0.307 e. The third kappa shape index (κ3) is 2.93. The molecule has 28 heavy (non-hydrogen) atoms. The Balaban J connectivity index is 1.58. The van der Waals surface area contributed by atoms with Gasteiger partial charge >= 0.3 is 4.87 Å². The van der Waals surface area contributed by atoms with Gasteiger partial charge in [-0.3, -0.25) is 9.78 Å². The van der Waals surface area contributed by atoms with Gasteiger partial charge in [-0.05, 0) is 42.5 Å². The largest absolute Gasteiger partial charge is 0.493 e. The van der Waals surface area contributed by atoms with E-state index in [9.17, 15) is 9.90 Å². The Morgan fingerprint density at radius 2 is 1.93 bits per heavy atom. The highest BCUT2D eigenvalue weighted by Gasteiger charge is 2.11. The summed E-state index contributed by atoms with van der Waals surface area (Å²) in [4.78, 5) is 26.1. The average Bonchev–Trinajstić information content (AvgIpc) is 3.31. The van der Waals surface area contributed by atoms with Gasteiger partial charge in [0.25, 0.3) is 0 Å². The van der Waals surface area contributed by atoms with Crippen molar-refractivity contribution >= 4 is 57.7 Å². The second-order valence-electron chi connectivity index (χ2n) is 6.20. The second-order valence-corrected chi connectivity index (χ2v) is 8.02. The van der Waals surface area contributed by atoms with E-state index < -0.39 is 0 Å². The number of H-pyrrole nitrogens is 2. The van der Waals surface area contributed by atoms with Crippen LogP contribution in [0.4, 0.5) is 0 Å². The van der Waals surface area contributed by atoms with E-state index in [1.54, 1.807) is 18.2 Å². The van der Waals surface area contributed by atoms with Crippen LogP contribution in [0.2, 0.25) is 10.0 Å². The van der Waals surface area contributed by atoms with Crippen molar-refractivity contribution in [2.24, 2.45) is 4.99 Å². The van der Waals surface area contributed by atoms with Gasteiger partial charge in [0.1, 0.15) is 5.82 Å². The van der Waals surface area contributed by atoms with Crippen LogP contribution >= 0.6 is 34.5 Å². The van der Waals surface area contributed by atoms with E-state index in [1.165, 1.54) is 0 Å². The van der Waals surface area contributed by atoms with Crippen molar-refractivity contribution in [1.29, 1.82) is 0 Å². The summed E-state index contributed by atoms with van der Waals surface area (Å²) >= 11 is 13.1. The van der Waals surface area contributed by atoms with Gasteiger partial charge < -0.3 is 10.1 Å². The number of nitrogens with zero attached hydrogens (tertiary/aromatic N) is 2. The van der Waals surface area contributed by atoms with E-state index in [4.69, 9.17) is 23.2 Å². The minimum Gasteiger partial charge on any atom is -0.493 e. The summed E-state index contributed by atoms with van der Waals surface area (Å²) in [5, 5.41) is 12.4. The van der Waals surface area contributed by atoms with Crippen molar-refractivity contribution in [3.8, 4) is 17.3 Å². The van der Waals surface area contributed by atoms with Crippen molar-refractivity contribution in [2.45, 2.75) is 0 Å². The van der Waals surface area contributed by atoms with Gasteiger partial charge in [0.05, 0.1) is 37.0 Å². The highest BCUT2D eigenvalue weighted by atomic mass is 35.5. The summed E-state index contributed by atoms with van der Waals surface area (Å²) < 4.78 is 0. The predicted molar refractivity (Wildman–Crippen MR) is 111 cm³/mol. The monoisotopic (exact) mass is 428 g/mol. The topological polar surface area (TPSA) is 94.1 Å². The lowest BCUT2D eigenvalue weighted by atomic mass is 10.1. The fourth-order valence-electron chi connectivity index (χ4n) is 3.03. The number of hydrogen-bond acceptors (Lipinski definition) is 5. The van der Waals surface area contributed by atoms with E-state index in [0.29, 0.717) is 26.4 Å². The van der Waals surface area contributed by atoms with E-state index >= 15 is 0 Å². The fourth-order valence-corrected chi connectivity index (χ4v) is 4.03. The lowest BCUT2D eigenvalue weighted by molar-refractivity contribution is 0.455. The molecule has 1 aliphatic rings. The number of benzene rings is 2. The van der Waals surface area contributed by atoms with Crippen LogP contribution in [0, 0.1) is 0 Å². The maximum atomic E-state index is 11.3. The minimum atomic E-state index is -0.313. The van der Waals surface area contributed by atoms with Crippen LogP contribution in [-0.2, 0) is 0 Å². The van der Waals surface area contributed by atoms with Crippen LogP contribution in [0.3, 0.4) is 0 Å². The molecule has 6 nitrogen and oxygen atoms in total. The smallest absolute Gasteiger partial charge is 0.307 e. The molecule has 0 fully saturated rings. The Labute approximate surface area is 171 Å². The minimum absolute atomic E-state index is 0.151. The summed E-state index contributed by atoms with van der Waals surface area (Å²) in [5.74, 6) is 0.547. The molecule has 5 rings (SSSR count). The first-order valence-electron chi connectivity index (χ1n) is 8.16. The van der Waals surface area contributed by atoms with Crippen LogP contribution in [0.25, 0.3) is 34.6 Å². The van der Waals surface area contributed by atoms with Crippen LogP contribution in [0.15, 0.2) is 45.8 Å². The first-order chi connectivity index (χ1) is 13.5. The molecule has 4 aromatic rings. The zero-order chi connectivity index (χ0) is 19.4. The summed E-state index contributed by atoms with van der Waals surface area (Å²) in [6.07, 6.45) is 3.56. The molecule has 0 saturated heterocycles. The standard InChI is InChI=1S/C19H10Cl2N4O2S/c20-11-6-14-15(7-12(11)21)24-17(23-14)8-1-2-13-9(3-8)4-10(22-13)5-16-18(26)25-19(27)28-16/h1-7,26H,(H,23,24)(H,25,27)/b10-5+. The van der Waals surface area contributed by atoms with Gasteiger partial charge in [0.2, 0.25) is 5.88 Å². The lowest BCUT2D eigenvalue weighted by Crippen LogP contribution is -2.20. The first kappa shape index (κ1) is 17.2. The molecule has 0 aliphatic carbocycles. The fraction of sp³-hybridized carbons (Fsp3) is 0. The number of imidazole rings is 1. The van der Waals surface area contributed by atoms with Gasteiger partial charge in [0, 0.05) is 10.8 Å². The zero-order valence-electron chi connectivity index (χ0n) is 14.0. The lowest BCUT2D eigenvalue weighted by Gasteiger charge is -1.95. The van der Waals surface area contributed by atoms with Crippen LogP contribution < -0.4 is 15.4 Å². The molecule has 0 bridgehead atoms. The number of thiazole rings is 1. The highest BCUT2D eigenvalue weighted by molar-refractivity contribution is 7.10. The van der Waals surface area contributed by atoms with Gasteiger partial charge in [0.15, 0.2) is 0 Å². The zero-order valence-corrected chi connectivity index (χ0v) is 16.3. The SMILES string of the molecule is O=c1[nH]c(O)c(/C=C2\C=c3cc(-c4nc5cc(Cl)c(Cl)cc5[nH]4)ccc3=N2)s1. The van der Waals surface area contributed by atoms with Gasteiger partial charge in [-0.1, -0.05) is 34.5 Å². The Hall–Kier alpha value is -2.87. The summed E-state index contributed by atoms with van der Waals surface area (Å²) in [7, 11) is 0. The van der Waals surface area contributed by atoms with Crippen molar-refractivity contribution < 1.29 is 5.11 Å². The molecule has 0 atom stereocenters. The Morgan fingerprint density at radius 3 is 2.71 bits per heavy atom. The number of hydrogen-bond donors (Lipinski definition) is 3. The maximum absolute atomic E-state index is 11.3. The van der Waals surface area contributed by atoms with Crippen molar-refractivity contribution in [3.63, 3.8) is 0 Å². The Kier molecular flexibility index (Phi) is 3.90. The highest BCUT2D eigenvalue weighted by Crippen LogP contribution is 2.28. The quantitative estimate of drug-likeness (QED) is 0.456. The van der Waals surface area contributed by atoms with E-state index in [1.807, 2.05) is 24.3 Å². The Morgan fingerprint density at radius 1 is 1.11 bits per heavy atom. The van der Waals surface area contributed by atoms with Gasteiger partial charge in [-0.15, -0.1) is 0 Å². The van der Waals surface area contributed by atoms with Gasteiger partial charge in [-0.2, -0.15) is 0 Å². The number of nitrogens with one attached hydrogen (secondary N) is 2. The molecule has 1 aliphatic heterocycles. The number of aromatic nitrogens is 3. The third-order valence-corrected chi connectivity index (χ3v) is 5.85. The van der Waals surface area contributed by atoms with Crippen LogP contribution in [-0.4, -0.2) is 20.1 Å². The number of aromatic hydroxyl groups is 1. The molecule has 3 N–H and O–H groups in total. The number of rotatable bonds is 2. The molecule has 9 heteroatoms. The van der Waals surface area contributed by atoms with Crippen molar-refractivity contribution in [2.75, 3.05) is 0 Å². The summed E-state index contributed by atoms with van der Waals surface area (Å²) in [6, 6.07) is 9.27. The molecule has 0 saturated carbocycles. The average molecular weight is 429 g/mol. The molecule has 0 unspecified atom stereocenters. The molecule has 2 aromatic carbocycles. The first-order valence-corrected chi connectivity index (χ1v) is 9.73. The van der Waals surface area contributed by atoms with Crippen LogP contribution in [0.1, 0.15) is 4.88 Å². The van der Waals surface area contributed by atoms with Crippen molar-refractivity contribution in [1.82, 2.24) is 15.0 Å². The normalized spacial score (nSPS) is 14.3.